The van der Waals surface area contributed by atoms with Crippen LogP contribution in [0.25, 0.3) is 0 Å². The number of rotatable bonds is 4. The SMILES string of the molecule is CCOC(=O)C[C@@H](N)c1c(Cl)cncc1Cl. The van der Waals surface area contributed by atoms with Crippen molar-refractivity contribution in [3.05, 3.63) is 28.0 Å². The van der Waals surface area contributed by atoms with Gasteiger partial charge in [-0.15, -0.1) is 0 Å². The number of nitrogens with two attached hydrogens (primary N) is 1. The van der Waals surface area contributed by atoms with Crippen LogP contribution in [-0.2, 0) is 9.53 Å². The van der Waals surface area contributed by atoms with E-state index in [2.05, 4.69) is 4.98 Å². The van der Waals surface area contributed by atoms with E-state index in [1.54, 1.807) is 6.92 Å². The maximum atomic E-state index is 11.2. The largest absolute Gasteiger partial charge is 0.466 e. The molecule has 0 unspecified atom stereocenters. The topological polar surface area (TPSA) is 65.2 Å². The zero-order chi connectivity index (χ0) is 12.1. The minimum Gasteiger partial charge on any atom is -0.466 e. The summed E-state index contributed by atoms with van der Waals surface area (Å²) in [5.74, 6) is -0.376. The first kappa shape index (κ1) is 13.2. The molecule has 88 valence electrons. The lowest BCUT2D eigenvalue weighted by atomic mass is 10.1. The molecule has 0 saturated carbocycles. The molecule has 0 aliphatic rings. The average Bonchev–Trinajstić information content (AvgIpc) is 2.17. The van der Waals surface area contributed by atoms with Gasteiger partial charge in [0.1, 0.15) is 0 Å². The fraction of sp³-hybridized carbons (Fsp3) is 0.400. The normalized spacial score (nSPS) is 12.2. The molecule has 0 spiro atoms. The molecule has 2 N–H and O–H groups in total. The molecule has 1 atom stereocenters. The molecule has 1 aromatic heterocycles. The van der Waals surface area contributed by atoms with Crippen LogP contribution in [0, 0.1) is 0 Å². The summed E-state index contributed by atoms with van der Waals surface area (Å²) >= 11 is 11.8. The van der Waals surface area contributed by atoms with Crippen LogP contribution in [0.1, 0.15) is 24.9 Å². The quantitative estimate of drug-likeness (QED) is 0.847. The van der Waals surface area contributed by atoms with Gasteiger partial charge < -0.3 is 10.5 Å². The van der Waals surface area contributed by atoms with Crippen molar-refractivity contribution >= 4 is 29.2 Å². The monoisotopic (exact) mass is 262 g/mol. The van der Waals surface area contributed by atoms with Crippen molar-refractivity contribution in [1.82, 2.24) is 4.98 Å². The van der Waals surface area contributed by atoms with E-state index in [4.69, 9.17) is 33.7 Å². The highest BCUT2D eigenvalue weighted by Crippen LogP contribution is 2.29. The van der Waals surface area contributed by atoms with Crippen LogP contribution in [0.15, 0.2) is 12.4 Å². The van der Waals surface area contributed by atoms with Crippen LogP contribution < -0.4 is 5.73 Å². The highest BCUT2D eigenvalue weighted by molar-refractivity contribution is 6.35. The zero-order valence-corrected chi connectivity index (χ0v) is 10.3. The minimum absolute atomic E-state index is 0.0390. The predicted octanol–water partition coefficient (Wildman–Crippen LogP) is 2.34. The van der Waals surface area contributed by atoms with Crippen molar-refractivity contribution in [1.29, 1.82) is 0 Å². The summed E-state index contributed by atoms with van der Waals surface area (Å²) in [5, 5.41) is 0.702. The number of pyridine rings is 1. The molecular formula is C10H12Cl2N2O2. The maximum Gasteiger partial charge on any atom is 0.307 e. The number of nitrogens with zero attached hydrogens (tertiary/aromatic N) is 1. The van der Waals surface area contributed by atoms with E-state index in [-0.39, 0.29) is 12.4 Å². The van der Waals surface area contributed by atoms with Crippen molar-refractivity contribution < 1.29 is 9.53 Å². The molecule has 0 radical (unpaired) electrons. The molecule has 0 fully saturated rings. The molecule has 1 aromatic rings. The lowest BCUT2D eigenvalue weighted by Crippen LogP contribution is -2.18. The van der Waals surface area contributed by atoms with Crippen molar-refractivity contribution in [2.24, 2.45) is 5.73 Å². The highest BCUT2D eigenvalue weighted by Gasteiger charge is 2.18. The lowest BCUT2D eigenvalue weighted by molar-refractivity contribution is -0.143. The minimum atomic E-state index is -0.581. The molecule has 0 aliphatic carbocycles. The Hall–Kier alpha value is -0.840. The molecule has 0 aromatic carbocycles. The molecule has 1 heterocycles. The number of esters is 1. The van der Waals surface area contributed by atoms with Gasteiger partial charge >= 0.3 is 5.97 Å². The van der Waals surface area contributed by atoms with Crippen LogP contribution >= 0.6 is 23.2 Å². The third-order valence-electron chi connectivity index (χ3n) is 1.95. The molecule has 0 amide bonds. The molecular weight excluding hydrogens is 251 g/mol. The van der Waals surface area contributed by atoms with E-state index in [0.717, 1.165) is 0 Å². The number of hydrogen-bond donors (Lipinski definition) is 1. The van der Waals surface area contributed by atoms with Crippen molar-refractivity contribution in [3.63, 3.8) is 0 Å². The fourth-order valence-corrected chi connectivity index (χ4v) is 1.92. The van der Waals surface area contributed by atoms with Gasteiger partial charge in [-0.25, -0.2) is 0 Å². The van der Waals surface area contributed by atoms with E-state index >= 15 is 0 Å². The first-order valence-electron chi connectivity index (χ1n) is 4.76. The standard InChI is InChI=1S/C10H12Cl2N2O2/c1-2-16-9(15)3-8(13)10-6(11)4-14-5-7(10)12/h4-5,8H,2-3,13H2,1H3/t8-/m1/s1. The van der Waals surface area contributed by atoms with E-state index in [1.165, 1.54) is 12.4 Å². The number of carbonyl (C=O) groups excluding carboxylic acids is 1. The van der Waals surface area contributed by atoms with Gasteiger partial charge in [0, 0.05) is 24.0 Å². The molecule has 4 nitrogen and oxygen atoms in total. The van der Waals surface area contributed by atoms with Gasteiger partial charge in [-0.05, 0) is 6.92 Å². The zero-order valence-electron chi connectivity index (χ0n) is 8.74. The second-order valence-electron chi connectivity index (χ2n) is 3.13. The molecule has 6 heteroatoms. The summed E-state index contributed by atoms with van der Waals surface area (Å²) in [6.45, 7) is 2.05. The molecule has 0 saturated heterocycles. The fourth-order valence-electron chi connectivity index (χ4n) is 1.28. The summed E-state index contributed by atoms with van der Waals surface area (Å²) in [6.07, 6.45) is 2.92. The number of ether oxygens (including phenoxy) is 1. The molecule has 1 rings (SSSR count). The Kier molecular flexibility index (Phi) is 4.99. The smallest absolute Gasteiger partial charge is 0.307 e. The molecule has 16 heavy (non-hydrogen) atoms. The van der Waals surface area contributed by atoms with Crippen molar-refractivity contribution in [2.75, 3.05) is 6.61 Å². The lowest BCUT2D eigenvalue weighted by Gasteiger charge is -2.13. The van der Waals surface area contributed by atoms with Gasteiger partial charge in [0.2, 0.25) is 0 Å². The first-order valence-corrected chi connectivity index (χ1v) is 5.52. The number of carbonyl (C=O) groups is 1. The Morgan fingerprint density at radius 3 is 2.56 bits per heavy atom. The van der Waals surface area contributed by atoms with Gasteiger partial charge in [-0.2, -0.15) is 0 Å². The highest BCUT2D eigenvalue weighted by atomic mass is 35.5. The third-order valence-corrected chi connectivity index (χ3v) is 2.56. The predicted molar refractivity (Wildman–Crippen MR) is 62.4 cm³/mol. The number of hydrogen-bond acceptors (Lipinski definition) is 4. The summed E-state index contributed by atoms with van der Waals surface area (Å²) in [5.41, 5.74) is 6.35. The van der Waals surface area contributed by atoms with E-state index in [0.29, 0.717) is 22.2 Å². The Morgan fingerprint density at radius 1 is 1.50 bits per heavy atom. The average molecular weight is 263 g/mol. The Morgan fingerprint density at radius 2 is 2.06 bits per heavy atom. The van der Waals surface area contributed by atoms with Gasteiger partial charge in [0.25, 0.3) is 0 Å². The van der Waals surface area contributed by atoms with Crippen molar-refractivity contribution in [3.8, 4) is 0 Å². The summed E-state index contributed by atoms with van der Waals surface area (Å²) in [7, 11) is 0. The summed E-state index contributed by atoms with van der Waals surface area (Å²) in [6, 6.07) is -0.581. The van der Waals surface area contributed by atoms with Crippen LogP contribution in [0.2, 0.25) is 10.0 Å². The molecule has 0 bridgehead atoms. The van der Waals surface area contributed by atoms with Crippen LogP contribution in [0.4, 0.5) is 0 Å². The summed E-state index contributed by atoms with van der Waals surface area (Å²) in [4.78, 5) is 15.1. The van der Waals surface area contributed by atoms with E-state index in [1.807, 2.05) is 0 Å². The molecule has 0 aliphatic heterocycles. The van der Waals surface area contributed by atoms with E-state index in [9.17, 15) is 4.79 Å². The Bertz CT molecular complexity index is 365. The second kappa shape index (κ2) is 6.03. The van der Waals surface area contributed by atoms with Crippen LogP contribution in [0.3, 0.4) is 0 Å². The maximum absolute atomic E-state index is 11.2. The second-order valence-corrected chi connectivity index (χ2v) is 3.95. The number of halogens is 2. The third kappa shape index (κ3) is 3.33. The number of aromatic nitrogens is 1. The van der Waals surface area contributed by atoms with Crippen LogP contribution in [0.5, 0.6) is 0 Å². The van der Waals surface area contributed by atoms with Crippen molar-refractivity contribution in [2.45, 2.75) is 19.4 Å². The van der Waals surface area contributed by atoms with Gasteiger partial charge in [-0.3, -0.25) is 9.78 Å². The van der Waals surface area contributed by atoms with Gasteiger partial charge in [0.05, 0.1) is 23.1 Å². The van der Waals surface area contributed by atoms with Gasteiger partial charge in [0.15, 0.2) is 0 Å². The summed E-state index contributed by atoms with van der Waals surface area (Å²) < 4.78 is 4.79. The first-order chi connectivity index (χ1) is 7.56. The van der Waals surface area contributed by atoms with E-state index < -0.39 is 6.04 Å². The Labute approximate surface area is 104 Å². The van der Waals surface area contributed by atoms with Crippen LogP contribution in [-0.4, -0.2) is 17.6 Å². The van der Waals surface area contributed by atoms with Gasteiger partial charge in [-0.1, -0.05) is 23.2 Å². The Balaban J connectivity index is 2.80.